The maximum atomic E-state index is 12.8. The Morgan fingerprint density at radius 2 is 1.41 bits per heavy atom. The van der Waals surface area contributed by atoms with Crippen molar-refractivity contribution in [1.29, 1.82) is 0 Å². The SMILES string of the molecule is COc1ccc(C(=O)CN2CCN(C(=O)c3ccc(C(C)(C)C)cc3)CC2)cc1. The molecule has 1 saturated heterocycles. The van der Waals surface area contributed by atoms with Gasteiger partial charge in [-0.2, -0.15) is 0 Å². The monoisotopic (exact) mass is 394 g/mol. The van der Waals surface area contributed by atoms with Crippen LogP contribution in [0.15, 0.2) is 48.5 Å². The second kappa shape index (κ2) is 8.78. The van der Waals surface area contributed by atoms with Crippen LogP contribution in [-0.2, 0) is 5.41 Å². The zero-order chi connectivity index (χ0) is 21.0. The number of benzene rings is 2. The summed E-state index contributed by atoms with van der Waals surface area (Å²) >= 11 is 0. The van der Waals surface area contributed by atoms with Gasteiger partial charge in [-0.05, 0) is 47.4 Å². The largest absolute Gasteiger partial charge is 0.497 e. The Balaban J connectivity index is 1.53. The first-order chi connectivity index (χ1) is 13.8. The molecule has 154 valence electrons. The van der Waals surface area contributed by atoms with Crippen LogP contribution in [0.1, 0.15) is 47.1 Å². The third-order valence-corrected chi connectivity index (χ3v) is 5.44. The Bertz CT molecular complexity index is 843. The molecule has 1 aliphatic rings. The van der Waals surface area contributed by atoms with E-state index in [0.717, 1.165) is 11.3 Å². The Kier molecular flexibility index (Phi) is 6.38. The van der Waals surface area contributed by atoms with Gasteiger partial charge in [-0.15, -0.1) is 0 Å². The molecule has 1 aliphatic heterocycles. The Morgan fingerprint density at radius 3 is 1.93 bits per heavy atom. The van der Waals surface area contributed by atoms with E-state index in [1.54, 1.807) is 31.4 Å². The molecule has 2 aromatic carbocycles. The minimum atomic E-state index is 0.0617. The molecule has 0 spiro atoms. The molecule has 2 aromatic rings. The second-order valence-electron chi connectivity index (χ2n) is 8.55. The van der Waals surface area contributed by atoms with Crippen LogP contribution in [0.5, 0.6) is 5.75 Å². The molecule has 0 atom stereocenters. The van der Waals surface area contributed by atoms with Gasteiger partial charge in [0, 0.05) is 37.3 Å². The first kappa shape index (κ1) is 21.1. The molecule has 0 unspecified atom stereocenters. The molecule has 1 amide bonds. The summed E-state index contributed by atoms with van der Waals surface area (Å²) in [6.45, 7) is 9.53. The van der Waals surface area contributed by atoms with E-state index in [0.29, 0.717) is 38.3 Å². The average molecular weight is 395 g/mol. The summed E-state index contributed by atoms with van der Waals surface area (Å²) in [6.07, 6.45) is 0. The normalized spacial score (nSPS) is 15.2. The predicted octanol–water partition coefficient (Wildman–Crippen LogP) is 3.63. The number of methoxy groups -OCH3 is 1. The minimum Gasteiger partial charge on any atom is -0.497 e. The maximum absolute atomic E-state index is 12.8. The number of hydrogen-bond donors (Lipinski definition) is 0. The summed E-state index contributed by atoms with van der Waals surface area (Å²) < 4.78 is 5.13. The van der Waals surface area contributed by atoms with Crippen LogP contribution in [0.2, 0.25) is 0 Å². The van der Waals surface area contributed by atoms with Crippen LogP contribution >= 0.6 is 0 Å². The molecule has 0 bridgehead atoms. The maximum Gasteiger partial charge on any atom is 0.253 e. The lowest BCUT2D eigenvalue weighted by molar-refractivity contribution is 0.0624. The number of carbonyl (C=O) groups is 2. The van der Waals surface area contributed by atoms with Gasteiger partial charge in [0.1, 0.15) is 5.75 Å². The topological polar surface area (TPSA) is 49.9 Å². The molecule has 0 aliphatic carbocycles. The van der Waals surface area contributed by atoms with E-state index in [1.807, 2.05) is 29.2 Å². The number of hydrogen-bond acceptors (Lipinski definition) is 4. The van der Waals surface area contributed by atoms with Gasteiger partial charge < -0.3 is 9.64 Å². The van der Waals surface area contributed by atoms with Gasteiger partial charge in [0.25, 0.3) is 5.91 Å². The van der Waals surface area contributed by atoms with Gasteiger partial charge in [-0.3, -0.25) is 14.5 Å². The molecule has 5 nitrogen and oxygen atoms in total. The van der Waals surface area contributed by atoms with E-state index in [9.17, 15) is 9.59 Å². The van der Waals surface area contributed by atoms with Crippen LogP contribution in [0, 0.1) is 0 Å². The van der Waals surface area contributed by atoms with Gasteiger partial charge in [0.15, 0.2) is 5.78 Å². The van der Waals surface area contributed by atoms with Gasteiger partial charge in [0.2, 0.25) is 0 Å². The number of piperazine rings is 1. The van der Waals surface area contributed by atoms with Crippen molar-refractivity contribution in [2.75, 3.05) is 39.8 Å². The third-order valence-electron chi connectivity index (χ3n) is 5.44. The zero-order valence-corrected chi connectivity index (χ0v) is 17.8. The molecule has 0 radical (unpaired) electrons. The van der Waals surface area contributed by atoms with Crippen molar-refractivity contribution >= 4 is 11.7 Å². The van der Waals surface area contributed by atoms with Crippen molar-refractivity contribution < 1.29 is 14.3 Å². The number of rotatable bonds is 5. The lowest BCUT2D eigenvalue weighted by Crippen LogP contribution is -2.49. The smallest absolute Gasteiger partial charge is 0.253 e. The summed E-state index contributed by atoms with van der Waals surface area (Å²) in [5.74, 6) is 0.890. The highest BCUT2D eigenvalue weighted by molar-refractivity contribution is 5.97. The molecule has 1 fully saturated rings. The van der Waals surface area contributed by atoms with Gasteiger partial charge in [0.05, 0.1) is 13.7 Å². The standard InChI is InChI=1S/C24H30N2O3/c1-24(2,3)20-9-5-19(6-10-20)23(28)26-15-13-25(14-16-26)17-22(27)18-7-11-21(29-4)12-8-18/h5-12H,13-17H2,1-4H3. The number of carbonyl (C=O) groups excluding carboxylic acids is 2. The van der Waals surface area contributed by atoms with E-state index < -0.39 is 0 Å². The molecule has 0 saturated carbocycles. The summed E-state index contributed by atoms with van der Waals surface area (Å²) in [5.41, 5.74) is 2.70. The van der Waals surface area contributed by atoms with Gasteiger partial charge in [-0.1, -0.05) is 32.9 Å². The zero-order valence-electron chi connectivity index (χ0n) is 17.8. The molecule has 29 heavy (non-hydrogen) atoms. The molecule has 0 N–H and O–H groups in total. The fourth-order valence-electron chi connectivity index (χ4n) is 3.48. The lowest BCUT2D eigenvalue weighted by Gasteiger charge is -2.34. The van der Waals surface area contributed by atoms with Gasteiger partial charge in [-0.25, -0.2) is 0 Å². The highest BCUT2D eigenvalue weighted by Gasteiger charge is 2.24. The van der Waals surface area contributed by atoms with Crippen LogP contribution in [0.25, 0.3) is 0 Å². The number of ketones is 1. The van der Waals surface area contributed by atoms with Crippen LogP contribution in [-0.4, -0.2) is 61.3 Å². The number of nitrogens with zero attached hydrogens (tertiary/aromatic N) is 2. The quantitative estimate of drug-likeness (QED) is 0.727. The van der Waals surface area contributed by atoms with Crippen LogP contribution in [0.4, 0.5) is 0 Å². The van der Waals surface area contributed by atoms with Crippen molar-refractivity contribution in [3.8, 4) is 5.75 Å². The summed E-state index contributed by atoms with van der Waals surface area (Å²) in [4.78, 5) is 29.3. The molecule has 3 rings (SSSR count). The second-order valence-corrected chi connectivity index (χ2v) is 8.55. The van der Waals surface area contributed by atoms with Crippen molar-refractivity contribution in [1.82, 2.24) is 9.80 Å². The van der Waals surface area contributed by atoms with Crippen molar-refractivity contribution in [2.45, 2.75) is 26.2 Å². The molecule has 5 heteroatoms. The molecular formula is C24H30N2O3. The van der Waals surface area contributed by atoms with Crippen molar-refractivity contribution in [2.24, 2.45) is 0 Å². The third kappa shape index (κ3) is 5.24. The number of Topliss-reactive ketones (excluding diaryl/α,β-unsaturated/α-hetero) is 1. The Morgan fingerprint density at radius 1 is 0.862 bits per heavy atom. The Labute approximate surface area is 173 Å². The lowest BCUT2D eigenvalue weighted by atomic mass is 9.86. The number of amides is 1. The average Bonchev–Trinajstić information content (AvgIpc) is 2.73. The Hall–Kier alpha value is -2.66. The van der Waals surface area contributed by atoms with Crippen LogP contribution in [0.3, 0.4) is 0 Å². The molecule has 0 aromatic heterocycles. The molecule has 1 heterocycles. The van der Waals surface area contributed by atoms with E-state index in [4.69, 9.17) is 4.74 Å². The summed E-state index contributed by atoms with van der Waals surface area (Å²) in [5, 5.41) is 0. The summed E-state index contributed by atoms with van der Waals surface area (Å²) in [6, 6.07) is 15.1. The minimum absolute atomic E-state index is 0.0617. The van der Waals surface area contributed by atoms with Crippen molar-refractivity contribution in [3.63, 3.8) is 0 Å². The van der Waals surface area contributed by atoms with E-state index >= 15 is 0 Å². The fraction of sp³-hybridized carbons (Fsp3) is 0.417. The van der Waals surface area contributed by atoms with Crippen LogP contribution < -0.4 is 4.74 Å². The van der Waals surface area contributed by atoms with Crippen molar-refractivity contribution in [3.05, 3.63) is 65.2 Å². The highest BCUT2D eigenvalue weighted by Crippen LogP contribution is 2.22. The first-order valence-corrected chi connectivity index (χ1v) is 10.1. The van der Waals surface area contributed by atoms with E-state index in [2.05, 4.69) is 25.7 Å². The predicted molar refractivity (Wildman–Crippen MR) is 115 cm³/mol. The number of ether oxygens (including phenoxy) is 1. The first-order valence-electron chi connectivity index (χ1n) is 10.1. The molecular weight excluding hydrogens is 364 g/mol. The van der Waals surface area contributed by atoms with E-state index in [-0.39, 0.29) is 17.1 Å². The fourth-order valence-corrected chi connectivity index (χ4v) is 3.48. The highest BCUT2D eigenvalue weighted by atomic mass is 16.5. The summed E-state index contributed by atoms with van der Waals surface area (Å²) in [7, 11) is 1.61. The van der Waals surface area contributed by atoms with E-state index in [1.165, 1.54) is 5.56 Å². The van der Waals surface area contributed by atoms with Gasteiger partial charge >= 0.3 is 0 Å².